The van der Waals surface area contributed by atoms with Gasteiger partial charge in [0.25, 0.3) is 0 Å². The molecule has 1 saturated heterocycles. The fourth-order valence-electron chi connectivity index (χ4n) is 4.65. The normalized spacial score (nSPS) is 17.9. The summed E-state index contributed by atoms with van der Waals surface area (Å²) >= 11 is 0. The molecule has 1 fully saturated rings. The van der Waals surface area contributed by atoms with Crippen LogP contribution in [0.4, 0.5) is 8.78 Å². The molecule has 1 aliphatic heterocycles. The summed E-state index contributed by atoms with van der Waals surface area (Å²) in [7, 11) is 0. The van der Waals surface area contributed by atoms with Crippen molar-refractivity contribution < 1.29 is 24.1 Å². The Morgan fingerprint density at radius 1 is 0.853 bits per heavy atom. The Morgan fingerprint density at radius 2 is 1.53 bits per heavy atom. The maximum Gasteiger partial charge on any atom is 0.129 e. The quantitative estimate of drug-likeness (QED) is 0.444. The molecule has 2 unspecified atom stereocenters. The molecule has 34 heavy (non-hydrogen) atoms. The predicted octanol–water partition coefficient (Wildman–Crippen LogP) is 4.84. The fourth-order valence-corrected chi connectivity index (χ4v) is 4.65. The molecule has 0 amide bonds. The predicted molar refractivity (Wildman–Crippen MR) is 127 cm³/mol. The minimum atomic E-state index is -1.25. The molecule has 0 bridgehead atoms. The van der Waals surface area contributed by atoms with E-state index in [0.29, 0.717) is 43.5 Å². The van der Waals surface area contributed by atoms with E-state index in [9.17, 15) is 24.1 Å². The SMILES string of the molecule is OC(CCCN1CCC(O)(c2ccc(F)c(C(O)c3ccc(F)cc3)c2)CC1)c1ccccc1. The Kier molecular flexibility index (Phi) is 7.73. The second kappa shape index (κ2) is 10.7. The van der Waals surface area contributed by atoms with Gasteiger partial charge in [-0.3, -0.25) is 0 Å². The zero-order valence-electron chi connectivity index (χ0n) is 19.1. The average molecular weight is 468 g/mol. The summed E-state index contributed by atoms with van der Waals surface area (Å²) in [4.78, 5) is 2.27. The molecule has 0 radical (unpaired) electrons. The summed E-state index contributed by atoms with van der Waals surface area (Å²) in [5.74, 6) is -1.00. The first-order valence-electron chi connectivity index (χ1n) is 11.8. The first-order valence-corrected chi connectivity index (χ1v) is 11.8. The lowest BCUT2D eigenvalue weighted by Gasteiger charge is -2.39. The lowest BCUT2D eigenvalue weighted by Crippen LogP contribution is -2.43. The molecule has 0 aliphatic carbocycles. The van der Waals surface area contributed by atoms with Gasteiger partial charge in [-0.25, -0.2) is 8.78 Å². The molecule has 3 N–H and O–H groups in total. The lowest BCUT2D eigenvalue weighted by atomic mass is 9.83. The summed E-state index contributed by atoms with van der Waals surface area (Å²) in [6, 6.07) is 19.3. The van der Waals surface area contributed by atoms with Crippen molar-refractivity contribution in [3.63, 3.8) is 0 Å². The van der Waals surface area contributed by atoms with Gasteiger partial charge < -0.3 is 20.2 Å². The Bertz CT molecular complexity index is 1070. The first kappa shape index (κ1) is 24.5. The minimum absolute atomic E-state index is 0.0647. The maximum absolute atomic E-state index is 14.5. The van der Waals surface area contributed by atoms with E-state index >= 15 is 0 Å². The molecule has 6 heteroatoms. The van der Waals surface area contributed by atoms with E-state index in [2.05, 4.69) is 4.90 Å². The van der Waals surface area contributed by atoms with Crippen molar-refractivity contribution in [2.45, 2.75) is 43.5 Å². The number of halogens is 2. The Morgan fingerprint density at radius 3 is 2.21 bits per heavy atom. The second-order valence-electron chi connectivity index (χ2n) is 9.13. The standard InChI is InChI=1S/C28H31F2NO3/c29-23-11-8-21(9-12-23)27(33)24-19-22(10-13-25(24)30)28(34)14-17-31(18-15-28)16-4-7-26(32)20-5-2-1-3-6-20/h1-3,5-6,8-13,19,26-27,32-34H,4,7,14-18H2. The number of hydrogen-bond acceptors (Lipinski definition) is 4. The average Bonchev–Trinajstić information content (AvgIpc) is 2.86. The highest BCUT2D eigenvalue weighted by molar-refractivity contribution is 5.36. The number of nitrogens with zero attached hydrogens (tertiary/aromatic N) is 1. The van der Waals surface area contributed by atoms with Crippen molar-refractivity contribution in [2.75, 3.05) is 19.6 Å². The zero-order valence-corrected chi connectivity index (χ0v) is 19.1. The first-order chi connectivity index (χ1) is 16.4. The highest BCUT2D eigenvalue weighted by Gasteiger charge is 2.34. The van der Waals surface area contributed by atoms with Gasteiger partial charge >= 0.3 is 0 Å². The van der Waals surface area contributed by atoms with Gasteiger partial charge in [-0.2, -0.15) is 0 Å². The Hall–Kier alpha value is -2.64. The molecule has 0 aromatic heterocycles. The van der Waals surface area contributed by atoms with Crippen LogP contribution in [-0.4, -0.2) is 39.9 Å². The van der Waals surface area contributed by atoms with Gasteiger partial charge in [0.15, 0.2) is 0 Å². The molecule has 0 saturated carbocycles. The van der Waals surface area contributed by atoms with E-state index in [0.717, 1.165) is 18.5 Å². The van der Waals surface area contributed by atoms with Gasteiger partial charge in [-0.1, -0.05) is 48.5 Å². The number of benzene rings is 3. The molecular weight excluding hydrogens is 436 g/mol. The number of likely N-dealkylation sites (tertiary alicyclic amines) is 1. The third-order valence-corrected chi connectivity index (χ3v) is 6.83. The van der Waals surface area contributed by atoms with Gasteiger partial charge in [0, 0.05) is 18.7 Å². The van der Waals surface area contributed by atoms with E-state index in [1.54, 1.807) is 6.07 Å². The third-order valence-electron chi connectivity index (χ3n) is 6.83. The van der Waals surface area contributed by atoms with Crippen LogP contribution in [0, 0.1) is 11.6 Å². The van der Waals surface area contributed by atoms with Crippen LogP contribution in [0.15, 0.2) is 72.8 Å². The van der Waals surface area contributed by atoms with Gasteiger partial charge in [-0.05, 0) is 73.2 Å². The van der Waals surface area contributed by atoms with Gasteiger partial charge in [0.2, 0.25) is 0 Å². The Balaban J connectivity index is 1.35. The van der Waals surface area contributed by atoms with Crippen LogP contribution in [0.1, 0.15) is 60.1 Å². The van der Waals surface area contributed by atoms with Gasteiger partial charge in [0.05, 0.1) is 11.7 Å². The van der Waals surface area contributed by atoms with Crippen LogP contribution in [-0.2, 0) is 5.60 Å². The van der Waals surface area contributed by atoms with E-state index in [1.165, 1.54) is 36.4 Å². The molecule has 180 valence electrons. The molecule has 3 aromatic carbocycles. The van der Waals surface area contributed by atoms with Crippen molar-refractivity contribution in [2.24, 2.45) is 0 Å². The van der Waals surface area contributed by atoms with E-state index in [-0.39, 0.29) is 5.56 Å². The topological polar surface area (TPSA) is 63.9 Å². The fraction of sp³-hybridized carbons (Fsp3) is 0.357. The molecule has 4 nitrogen and oxygen atoms in total. The number of hydrogen-bond donors (Lipinski definition) is 3. The van der Waals surface area contributed by atoms with Crippen molar-refractivity contribution in [3.8, 4) is 0 Å². The summed E-state index contributed by atoms with van der Waals surface area (Å²) in [6.45, 7) is 2.20. The molecule has 3 aromatic rings. The van der Waals surface area contributed by atoms with Crippen LogP contribution >= 0.6 is 0 Å². The number of aliphatic hydroxyl groups is 3. The van der Waals surface area contributed by atoms with Crippen molar-refractivity contribution in [3.05, 3.63) is 107 Å². The highest BCUT2D eigenvalue weighted by Crippen LogP contribution is 2.36. The Labute approximate surface area is 199 Å². The van der Waals surface area contributed by atoms with Crippen molar-refractivity contribution in [1.29, 1.82) is 0 Å². The van der Waals surface area contributed by atoms with E-state index < -0.39 is 29.4 Å². The summed E-state index contributed by atoms with van der Waals surface area (Å²) in [5, 5.41) is 32.3. The lowest BCUT2D eigenvalue weighted by molar-refractivity contribution is -0.0268. The van der Waals surface area contributed by atoms with Crippen molar-refractivity contribution >= 4 is 0 Å². The smallest absolute Gasteiger partial charge is 0.129 e. The number of piperidine rings is 1. The number of rotatable bonds is 8. The number of aliphatic hydroxyl groups excluding tert-OH is 2. The van der Waals surface area contributed by atoms with Crippen LogP contribution in [0.2, 0.25) is 0 Å². The third kappa shape index (κ3) is 5.70. The van der Waals surface area contributed by atoms with Crippen LogP contribution in [0.25, 0.3) is 0 Å². The molecular formula is C28H31F2NO3. The molecule has 1 aliphatic rings. The largest absolute Gasteiger partial charge is 0.388 e. The van der Waals surface area contributed by atoms with Gasteiger partial charge in [-0.15, -0.1) is 0 Å². The van der Waals surface area contributed by atoms with Crippen LogP contribution < -0.4 is 0 Å². The molecule has 0 spiro atoms. The summed E-state index contributed by atoms with van der Waals surface area (Å²) < 4.78 is 27.7. The molecule has 1 heterocycles. The van der Waals surface area contributed by atoms with Crippen LogP contribution in [0.3, 0.4) is 0 Å². The van der Waals surface area contributed by atoms with E-state index in [4.69, 9.17) is 0 Å². The van der Waals surface area contributed by atoms with Crippen LogP contribution in [0.5, 0.6) is 0 Å². The monoisotopic (exact) mass is 467 g/mol. The minimum Gasteiger partial charge on any atom is -0.388 e. The zero-order chi connectivity index (χ0) is 24.1. The maximum atomic E-state index is 14.5. The highest BCUT2D eigenvalue weighted by atomic mass is 19.1. The summed E-state index contributed by atoms with van der Waals surface area (Å²) in [5.41, 5.74) is 0.840. The molecule has 4 rings (SSSR count). The molecule has 2 atom stereocenters. The van der Waals surface area contributed by atoms with E-state index in [1.807, 2.05) is 30.3 Å². The summed E-state index contributed by atoms with van der Waals surface area (Å²) in [6.07, 6.45) is 0.776. The van der Waals surface area contributed by atoms with Gasteiger partial charge in [0.1, 0.15) is 17.7 Å². The van der Waals surface area contributed by atoms with Crippen molar-refractivity contribution in [1.82, 2.24) is 4.90 Å². The second-order valence-corrected chi connectivity index (χ2v) is 9.13.